The summed E-state index contributed by atoms with van der Waals surface area (Å²) in [5.74, 6) is -1.36. The normalized spacial score (nSPS) is 10.8. The fourth-order valence-corrected chi connectivity index (χ4v) is 2.18. The molecule has 0 atom stereocenters. The third kappa shape index (κ3) is 1.87. The second-order valence-corrected chi connectivity index (χ2v) is 4.21. The first kappa shape index (κ1) is 11.5. The molecule has 0 fully saturated rings. The lowest BCUT2D eigenvalue weighted by Crippen LogP contribution is -2.06. The van der Waals surface area contributed by atoms with E-state index in [0.717, 1.165) is 10.9 Å². The van der Waals surface area contributed by atoms with Crippen molar-refractivity contribution in [2.45, 2.75) is 0 Å². The van der Waals surface area contributed by atoms with Gasteiger partial charge >= 0.3 is 5.97 Å². The molecule has 0 aliphatic rings. The zero-order valence-electron chi connectivity index (χ0n) is 9.88. The third-order valence-electron chi connectivity index (χ3n) is 3.01. The highest BCUT2D eigenvalue weighted by molar-refractivity contribution is 5.96. The number of rotatable bonds is 2. The highest BCUT2D eigenvalue weighted by atomic mass is 19.1. The number of hydrogen-bond acceptors (Lipinski definition) is 1. The molecule has 0 amide bonds. The van der Waals surface area contributed by atoms with Gasteiger partial charge in [0.2, 0.25) is 0 Å². The van der Waals surface area contributed by atoms with E-state index in [9.17, 15) is 14.3 Å². The Morgan fingerprint density at radius 1 is 1.05 bits per heavy atom. The molecule has 2 aromatic carbocycles. The number of carbonyl (C=O) groups is 1. The number of hydrogen-bond donors (Lipinski definition) is 1. The van der Waals surface area contributed by atoms with Gasteiger partial charge in [-0.2, -0.15) is 0 Å². The van der Waals surface area contributed by atoms with E-state index in [1.165, 1.54) is 12.1 Å². The molecule has 0 saturated heterocycles. The standard InChI is InChI=1S/C15H10FNO2/c16-11-5-7-12(8-6-11)17-13-4-2-1-3-10(13)9-14(17)15(18)19/h1-9H,(H,18,19). The van der Waals surface area contributed by atoms with Crippen molar-refractivity contribution in [3.63, 3.8) is 0 Å². The van der Waals surface area contributed by atoms with Crippen LogP contribution in [0.3, 0.4) is 0 Å². The van der Waals surface area contributed by atoms with Crippen LogP contribution in [-0.2, 0) is 0 Å². The average molecular weight is 255 g/mol. The number of benzene rings is 2. The van der Waals surface area contributed by atoms with Crippen LogP contribution in [0.5, 0.6) is 0 Å². The van der Waals surface area contributed by atoms with E-state index in [0.29, 0.717) is 5.69 Å². The van der Waals surface area contributed by atoms with Crippen LogP contribution in [0, 0.1) is 5.82 Å². The van der Waals surface area contributed by atoms with Crippen LogP contribution < -0.4 is 0 Å². The first-order chi connectivity index (χ1) is 9.16. The minimum absolute atomic E-state index is 0.160. The van der Waals surface area contributed by atoms with Crippen molar-refractivity contribution >= 4 is 16.9 Å². The summed E-state index contributed by atoms with van der Waals surface area (Å²) in [5, 5.41) is 10.1. The quantitative estimate of drug-likeness (QED) is 0.761. The van der Waals surface area contributed by atoms with E-state index >= 15 is 0 Å². The van der Waals surface area contributed by atoms with Crippen LogP contribution in [0.1, 0.15) is 10.5 Å². The van der Waals surface area contributed by atoms with Gasteiger partial charge in [-0.25, -0.2) is 9.18 Å². The van der Waals surface area contributed by atoms with Crippen molar-refractivity contribution in [1.29, 1.82) is 0 Å². The number of carboxylic acid groups (broad SMARTS) is 1. The van der Waals surface area contributed by atoms with Gasteiger partial charge in [-0.1, -0.05) is 18.2 Å². The van der Waals surface area contributed by atoms with Crippen LogP contribution in [-0.4, -0.2) is 15.6 Å². The van der Waals surface area contributed by atoms with E-state index in [4.69, 9.17) is 0 Å². The van der Waals surface area contributed by atoms with Crippen molar-refractivity contribution in [1.82, 2.24) is 4.57 Å². The summed E-state index contributed by atoms with van der Waals surface area (Å²) < 4.78 is 14.6. The summed E-state index contributed by atoms with van der Waals surface area (Å²) in [7, 11) is 0. The number of carboxylic acids is 1. The molecule has 1 heterocycles. The smallest absolute Gasteiger partial charge is 0.352 e. The molecule has 0 aliphatic carbocycles. The van der Waals surface area contributed by atoms with Crippen LogP contribution in [0.25, 0.3) is 16.6 Å². The molecule has 3 nitrogen and oxygen atoms in total. The SMILES string of the molecule is O=C(O)c1cc2ccccc2n1-c1ccc(F)cc1. The fourth-order valence-electron chi connectivity index (χ4n) is 2.18. The van der Waals surface area contributed by atoms with Gasteiger partial charge in [0.15, 0.2) is 0 Å². The Kier molecular flexibility index (Phi) is 2.56. The highest BCUT2D eigenvalue weighted by Crippen LogP contribution is 2.24. The second kappa shape index (κ2) is 4.24. The molecular formula is C15H10FNO2. The van der Waals surface area contributed by atoms with Gasteiger partial charge in [0, 0.05) is 11.1 Å². The molecule has 1 aromatic heterocycles. The number of nitrogens with zero attached hydrogens (tertiary/aromatic N) is 1. The van der Waals surface area contributed by atoms with Gasteiger partial charge in [-0.05, 0) is 36.4 Å². The Morgan fingerprint density at radius 3 is 2.42 bits per heavy atom. The van der Waals surface area contributed by atoms with Crippen LogP contribution in [0.15, 0.2) is 54.6 Å². The molecule has 0 saturated carbocycles. The minimum atomic E-state index is -1.01. The van der Waals surface area contributed by atoms with Gasteiger partial charge in [-0.3, -0.25) is 0 Å². The summed E-state index contributed by atoms with van der Waals surface area (Å²) in [5.41, 5.74) is 1.57. The van der Waals surface area contributed by atoms with Gasteiger partial charge < -0.3 is 9.67 Å². The second-order valence-electron chi connectivity index (χ2n) is 4.21. The molecule has 4 heteroatoms. The lowest BCUT2D eigenvalue weighted by Gasteiger charge is -2.08. The Bertz CT molecular complexity index is 759. The molecule has 3 rings (SSSR count). The lowest BCUT2D eigenvalue weighted by molar-refractivity contribution is 0.0688. The highest BCUT2D eigenvalue weighted by Gasteiger charge is 2.15. The van der Waals surface area contributed by atoms with Crippen molar-refractivity contribution in [3.05, 3.63) is 66.1 Å². The number of para-hydroxylation sites is 1. The number of halogens is 1. The van der Waals surface area contributed by atoms with E-state index in [2.05, 4.69) is 0 Å². The maximum Gasteiger partial charge on any atom is 0.352 e. The monoisotopic (exact) mass is 255 g/mol. The first-order valence-corrected chi connectivity index (χ1v) is 5.76. The first-order valence-electron chi connectivity index (χ1n) is 5.76. The predicted molar refractivity (Wildman–Crippen MR) is 70.2 cm³/mol. The van der Waals surface area contributed by atoms with Crippen LogP contribution >= 0.6 is 0 Å². The topological polar surface area (TPSA) is 42.2 Å². The van der Waals surface area contributed by atoms with E-state index in [-0.39, 0.29) is 11.5 Å². The van der Waals surface area contributed by atoms with Crippen molar-refractivity contribution < 1.29 is 14.3 Å². The predicted octanol–water partition coefficient (Wildman–Crippen LogP) is 3.47. The van der Waals surface area contributed by atoms with Crippen LogP contribution in [0.2, 0.25) is 0 Å². The van der Waals surface area contributed by atoms with E-state index in [1.807, 2.05) is 24.3 Å². The molecule has 1 N–H and O–H groups in total. The molecule has 0 spiro atoms. The molecule has 19 heavy (non-hydrogen) atoms. The summed E-state index contributed by atoms with van der Waals surface area (Å²) in [6, 6.07) is 14.7. The van der Waals surface area contributed by atoms with Gasteiger partial charge in [0.05, 0.1) is 5.52 Å². The summed E-state index contributed by atoms with van der Waals surface area (Å²) in [6.07, 6.45) is 0. The maximum atomic E-state index is 13.0. The zero-order chi connectivity index (χ0) is 13.4. The number of aromatic carboxylic acids is 1. The molecule has 94 valence electrons. The van der Waals surface area contributed by atoms with Crippen LogP contribution in [0.4, 0.5) is 4.39 Å². The Morgan fingerprint density at radius 2 is 1.74 bits per heavy atom. The maximum absolute atomic E-state index is 13.0. The van der Waals surface area contributed by atoms with Crippen molar-refractivity contribution in [2.24, 2.45) is 0 Å². The lowest BCUT2D eigenvalue weighted by atomic mass is 10.2. The molecule has 3 aromatic rings. The summed E-state index contributed by atoms with van der Waals surface area (Å²) in [6.45, 7) is 0. The van der Waals surface area contributed by atoms with Gasteiger partial charge in [-0.15, -0.1) is 0 Å². The Balaban J connectivity index is 2.34. The molecule has 0 bridgehead atoms. The van der Waals surface area contributed by atoms with Crippen molar-refractivity contribution in [3.8, 4) is 5.69 Å². The average Bonchev–Trinajstić information content (AvgIpc) is 2.79. The minimum Gasteiger partial charge on any atom is -0.477 e. The van der Waals surface area contributed by atoms with Crippen molar-refractivity contribution in [2.75, 3.05) is 0 Å². The Labute approximate surface area is 108 Å². The molecular weight excluding hydrogens is 245 g/mol. The fraction of sp³-hybridized carbons (Fsp3) is 0. The molecule has 0 radical (unpaired) electrons. The van der Waals surface area contributed by atoms with E-state index in [1.54, 1.807) is 22.8 Å². The van der Waals surface area contributed by atoms with E-state index < -0.39 is 5.97 Å². The number of aromatic nitrogens is 1. The molecule has 0 unspecified atom stereocenters. The Hall–Kier alpha value is -2.62. The largest absolute Gasteiger partial charge is 0.477 e. The zero-order valence-corrected chi connectivity index (χ0v) is 9.88. The summed E-state index contributed by atoms with van der Waals surface area (Å²) in [4.78, 5) is 11.3. The van der Waals surface area contributed by atoms with Gasteiger partial charge in [0.1, 0.15) is 11.5 Å². The summed E-state index contributed by atoms with van der Waals surface area (Å²) >= 11 is 0. The molecule has 0 aliphatic heterocycles. The number of fused-ring (bicyclic) bond motifs is 1. The third-order valence-corrected chi connectivity index (χ3v) is 3.01. The van der Waals surface area contributed by atoms with Gasteiger partial charge in [0.25, 0.3) is 0 Å².